The highest BCUT2D eigenvalue weighted by Crippen LogP contribution is 1.95. The van der Waals surface area contributed by atoms with Crippen molar-refractivity contribution >= 4 is 0 Å². The number of halogens is 1. The Kier molecular flexibility index (Phi) is 3.74. The van der Waals surface area contributed by atoms with E-state index in [0.717, 1.165) is 12.0 Å². The van der Waals surface area contributed by atoms with Crippen LogP contribution in [0.25, 0.3) is 0 Å². The third-order valence-electron chi connectivity index (χ3n) is 1.76. The van der Waals surface area contributed by atoms with Gasteiger partial charge in [0, 0.05) is 5.56 Å². The van der Waals surface area contributed by atoms with Gasteiger partial charge >= 0.3 is 0 Å². The van der Waals surface area contributed by atoms with Gasteiger partial charge in [-0.1, -0.05) is 37.3 Å². The first-order valence-electron chi connectivity index (χ1n) is 4.37. The number of benzene rings is 1. The molecule has 0 amide bonds. The summed E-state index contributed by atoms with van der Waals surface area (Å²) in [6.45, 7) is 3.06. The first-order chi connectivity index (χ1) is 5.83. The highest BCUT2D eigenvalue weighted by Gasteiger charge is 2.05. The Balaban J connectivity index is 2.41. The van der Waals surface area contributed by atoms with E-state index in [9.17, 15) is 4.48 Å². The average molecular weight is 168 g/mol. The van der Waals surface area contributed by atoms with Crippen LogP contribution >= 0.6 is 0 Å². The molecule has 0 bridgehead atoms. The van der Waals surface area contributed by atoms with Crippen LogP contribution in [0.5, 0.6) is 0 Å². The number of quaternary nitrogens is 1. The second-order valence-corrected chi connectivity index (χ2v) is 2.93. The molecule has 1 unspecified atom stereocenters. The predicted octanol–water partition coefficient (Wildman–Crippen LogP) is 1.37. The quantitative estimate of drug-likeness (QED) is 0.648. The summed E-state index contributed by atoms with van der Waals surface area (Å²) in [5, 5.41) is 0.0868. The lowest BCUT2D eigenvalue weighted by atomic mass is 10.2. The molecular weight excluding hydrogens is 153 g/mol. The Morgan fingerprint density at radius 3 is 2.50 bits per heavy atom. The molecule has 2 heteroatoms. The van der Waals surface area contributed by atoms with E-state index < -0.39 is 0 Å². The first kappa shape index (κ1) is 9.20. The molecule has 0 aliphatic heterocycles. The largest absolute Gasteiger partial charge is 0.138 e. The van der Waals surface area contributed by atoms with E-state index in [-0.39, 0.29) is 5.12 Å². The topological polar surface area (TPSA) is 4.44 Å². The van der Waals surface area contributed by atoms with Gasteiger partial charge in [-0.2, -0.15) is 0 Å². The number of hydrogen-bond donors (Lipinski definition) is 1. The SMILES string of the molecule is CCC[NH+](F)Cc1ccccc1. The number of nitrogens with one attached hydrogen (secondary N) is 1. The van der Waals surface area contributed by atoms with Gasteiger partial charge in [-0.3, -0.25) is 0 Å². The van der Waals surface area contributed by atoms with Crippen molar-refractivity contribution in [2.75, 3.05) is 6.54 Å². The standard InChI is InChI=1S/C10H14FN/c1-2-8-12(11)9-10-6-4-3-5-7-10/h3-7H,2,8-9H2,1H3/p+1. The van der Waals surface area contributed by atoms with E-state index in [1.807, 2.05) is 37.3 Å². The molecule has 0 aliphatic rings. The average Bonchev–Trinajstić information content (AvgIpc) is 2.06. The van der Waals surface area contributed by atoms with Gasteiger partial charge in [-0.15, -0.1) is 5.12 Å². The lowest BCUT2D eigenvalue weighted by Crippen LogP contribution is -3.03. The van der Waals surface area contributed by atoms with Gasteiger partial charge in [-0.25, -0.2) is 0 Å². The van der Waals surface area contributed by atoms with Crippen LogP contribution in [0.1, 0.15) is 18.9 Å². The lowest BCUT2D eigenvalue weighted by molar-refractivity contribution is -1.05. The predicted molar refractivity (Wildman–Crippen MR) is 47.4 cm³/mol. The fourth-order valence-electron chi connectivity index (χ4n) is 1.18. The molecule has 1 aromatic rings. The van der Waals surface area contributed by atoms with Gasteiger partial charge in [0.05, 0.1) is 0 Å². The summed E-state index contributed by atoms with van der Waals surface area (Å²) in [6.07, 6.45) is 0.888. The normalized spacial score (nSPS) is 12.8. The van der Waals surface area contributed by atoms with Gasteiger partial charge < -0.3 is 0 Å². The molecule has 0 radical (unpaired) electrons. The Morgan fingerprint density at radius 1 is 1.25 bits per heavy atom. The van der Waals surface area contributed by atoms with Crippen LogP contribution in [0.2, 0.25) is 0 Å². The van der Waals surface area contributed by atoms with Crippen molar-refractivity contribution in [1.29, 1.82) is 0 Å². The monoisotopic (exact) mass is 168 g/mol. The van der Waals surface area contributed by atoms with Crippen molar-refractivity contribution in [3.8, 4) is 0 Å². The second-order valence-electron chi connectivity index (χ2n) is 2.93. The maximum atomic E-state index is 13.0. The zero-order valence-corrected chi connectivity index (χ0v) is 7.39. The Hall–Kier alpha value is -0.890. The van der Waals surface area contributed by atoms with Crippen LogP contribution in [0.4, 0.5) is 4.48 Å². The molecular formula is C10H15FN+. The van der Waals surface area contributed by atoms with E-state index in [0.29, 0.717) is 13.1 Å². The Morgan fingerprint density at radius 2 is 1.92 bits per heavy atom. The molecule has 0 aromatic heterocycles. The molecule has 0 aliphatic carbocycles. The molecule has 1 N–H and O–H groups in total. The molecule has 1 aromatic carbocycles. The summed E-state index contributed by atoms with van der Waals surface area (Å²) in [5.41, 5.74) is 1.06. The van der Waals surface area contributed by atoms with E-state index in [1.54, 1.807) is 0 Å². The van der Waals surface area contributed by atoms with Crippen molar-refractivity contribution in [1.82, 2.24) is 0 Å². The summed E-state index contributed by atoms with van der Waals surface area (Å²) in [7, 11) is 0. The van der Waals surface area contributed by atoms with E-state index >= 15 is 0 Å². The van der Waals surface area contributed by atoms with Gasteiger partial charge in [-0.05, 0) is 10.9 Å². The third kappa shape index (κ3) is 3.01. The van der Waals surface area contributed by atoms with Crippen LogP contribution in [-0.2, 0) is 6.54 Å². The summed E-state index contributed by atoms with van der Waals surface area (Å²) >= 11 is 0. The van der Waals surface area contributed by atoms with Gasteiger partial charge in [0.2, 0.25) is 0 Å². The molecule has 0 saturated heterocycles. The fraction of sp³-hybridized carbons (Fsp3) is 0.400. The molecule has 0 saturated carbocycles. The van der Waals surface area contributed by atoms with Crippen molar-refractivity contribution in [3.05, 3.63) is 35.9 Å². The lowest BCUT2D eigenvalue weighted by Gasteiger charge is -2.04. The first-order valence-corrected chi connectivity index (χ1v) is 4.37. The van der Waals surface area contributed by atoms with Gasteiger partial charge in [0.15, 0.2) is 0 Å². The second kappa shape index (κ2) is 4.88. The van der Waals surface area contributed by atoms with Gasteiger partial charge in [0.25, 0.3) is 0 Å². The highest BCUT2D eigenvalue weighted by atomic mass is 19.2. The molecule has 12 heavy (non-hydrogen) atoms. The maximum Gasteiger partial charge on any atom is 0.138 e. The minimum atomic E-state index is 0.0868. The summed E-state index contributed by atoms with van der Waals surface area (Å²) in [6, 6.07) is 9.73. The van der Waals surface area contributed by atoms with Crippen LogP contribution in [0.3, 0.4) is 0 Å². The van der Waals surface area contributed by atoms with Crippen molar-refractivity contribution in [2.24, 2.45) is 0 Å². The highest BCUT2D eigenvalue weighted by molar-refractivity contribution is 5.12. The summed E-state index contributed by atoms with van der Waals surface area (Å²) in [5.74, 6) is 0. The number of rotatable bonds is 4. The van der Waals surface area contributed by atoms with Crippen molar-refractivity contribution in [3.63, 3.8) is 0 Å². The Labute approximate surface area is 72.8 Å². The van der Waals surface area contributed by atoms with Gasteiger partial charge in [0.1, 0.15) is 13.1 Å². The maximum absolute atomic E-state index is 13.0. The Bertz CT molecular complexity index is 210. The summed E-state index contributed by atoms with van der Waals surface area (Å²) in [4.78, 5) is 0. The molecule has 0 spiro atoms. The molecule has 66 valence electrons. The summed E-state index contributed by atoms with van der Waals surface area (Å²) < 4.78 is 13.0. The molecule has 1 rings (SSSR count). The van der Waals surface area contributed by atoms with E-state index in [4.69, 9.17) is 0 Å². The van der Waals surface area contributed by atoms with E-state index in [1.165, 1.54) is 0 Å². The van der Waals surface area contributed by atoms with Crippen LogP contribution in [0.15, 0.2) is 30.3 Å². The van der Waals surface area contributed by atoms with E-state index in [2.05, 4.69) is 0 Å². The third-order valence-corrected chi connectivity index (χ3v) is 1.76. The zero-order valence-electron chi connectivity index (χ0n) is 7.39. The van der Waals surface area contributed by atoms with Crippen LogP contribution in [-0.4, -0.2) is 6.54 Å². The molecule has 1 atom stereocenters. The molecule has 0 fully saturated rings. The minimum Gasteiger partial charge on any atom is -0.136 e. The smallest absolute Gasteiger partial charge is 0.136 e. The molecule has 1 nitrogen and oxygen atoms in total. The zero-order chi connectivity index (χ0) is 8.81. The van der Waals surface area contributed by atoms with Crippen molar-refractivity contribution < 1.29 is 9.60 Å². The molecule has 0 heterocycles. The van der Waals surface area contributed by atoms with Crippen LogP contribution in [0, 0.1) is 0 Å². The number of hydrogen-bond acceptors (Lipinski definition) is 0. The van der Waals surface area contributed by atoms with Crippen LogP contribution < -0.4 is 5.12 Å². The fourth-order valence-corrected chi connectivity index (χ4v) is 1.18. The minimum absolute atomic E-state index is 0.0868. The van der Waals surface area contributed by atoms with Crippen molar-refractivity contribution in [2.45, 2.75) is 19.9 Å².